The largest absolute Gasteiger partial charge is 0.465 e. The van der Waals surface area contributed by atoms with Crippen LogP contribution in [0.3, 0.4) is 0 Å². The van der Waals surface area contributed by atoms with E-state index in [0.717, 1.165) is 16.3 Å². The van der Waals surface area contributed by atoms with Gasteiger partial charge >= 0.3 is 5.97 Å². The van der Waals surface area contributed by atoms with Crippen molar-refractivity contribution >= 4 is 16.7 Å². The first-order valence-corrected chi connectivity index (χ1v) is 4.83. The standard InChI is InChI=1S/C14H10O2/c1-3-10-4-5-12-9-13(14(15)16-2)7-6-11(12)8-10/h1,4-9H,2H3. The molecule has 2 heteroatoms. The molecule has 0 saturated heterocycles. The summed E-state index contributed by atoms with van der Waals surface area (Å²) in [6, 6.07) is 11.1. The molecule has 0 aliphatic rings. The molecular formula is C14H10O2. The molecule has 16 heavy (non-hydrogen) atoms. The van der Waals surface area contributed by atoms with E-state index in [1.165, 1.54) is 7.11 Å². The maximum atomic E-state index is 11.3. The smallest absolute Gasteiger partial charge is 0.337 e. The first kappa shape index (κ1) is 10.3. The highest BCUT2D eigenvalue weighted by Crippen LogP contribution is 2.18. The van der Waals surface area contributed by atoms with Crippen molar-refractivity contribution in [1.29, 1.82) is 0 Å². The summed E-state index contributed by atoms with van der Waals surface area (Å²) in [5, 5.41) is 1.99. The Bertz CT molecular complexity index is 591. The van der Waals surface area contributed by atoms with Crippen LogP contribution in [0.4, 0.5) is 0 Å². The number of fused-ring (bicyclic) bond motifs is 1. The number of carbonyl (C=O) groups is 1. The number of hydrogen-bond donors (Lipinski definition) is 0. The second-order valence-corrected chi connectivity index (χ2v) is 3.41. The molecule has 0 radical (unpaired) electrons. The van der Waals surface area contributed by atoms with Gasteiger partial charge in [0.15, 0.2) is 0 Å². The molecule has 2 aromatic carbocycles. The van der Waals surface area contributed by atoms with Crippen molar-refractivity contribution in [2.75, 3.05) is 7.11 Å². The maximum absolute atomic E-state index is 11.3. The van der Waals surface area contributed by atoms with E-state index in [0.29, 0.717) is 5.56 Å². The number of hydrogen-bond acceptors (Lipinski definition) is 2. The van der Waals surface area contributed by atoms with Gasteiger partial charge in [0.05, 0.1) is 12.7 Å². The van der Waals surface area contributed by atoms with Gasteiger partial charge in [0.1, 0.15) is 0 Å². The van der Waals surface area contributed by atoms with E-state index in [2.05, 4.69) is 10.7 Å². The van der Waals surface area contributed by atoms with E-state index in [1.54, 1.807) is 12.1 Å². The number of benzene rings is 2. The Morgan fingerprint density at radius 3 is 2.56 bits per heavy atom. The van der Waals surface area contributed by atoms with Crippen molar-refractivity contribution in [1.82, 2.24) is 0 Å². The molecule has 0 bridgehead atoms. The van der Waals surface area contributed by atoms with Crippen LogP contribution in [0, 0.1) is 12.3 Å². The second-order valence-electron chi connectivity index (χ2n) is 3.41. The quantitative estimate of drug-likeness (QED) is 0.534. The number of ether oxygens (including phenoxy) is 1. The molecule has 0 fully saturated rings. The number of methoxy groups -OCH3 is 1. The third-order valence-electron chi connectivity index (χ3n) is 2.43. The van der Waals surface area contributed by atoms with Crippen LogP contribution in [0.5, 0.6) is 0 Å². The second kappa shape index (κ2) is 4.08. The molecular weight excluding hydrogens is 200 g/mol. The van der Waals surface area contributed by atoms with Crippen molar-refractivity contribution in [3.63, 3.8) is 0 Å². The first-order chi connectivity index (χ1) is 7.74. The molecule has 0 aromatic heterocycles. The lowest BCUT2D eigenvalue weighted by atomic mass is 10.0. The number of rotatable bonds is 1. The molecule has 0 atom stereocenters. The molecule has 0 heterocycles. The summed E-state index contributed by atoms with van der Waals surface area (Å²) < 4.78 is 4.66. The molecule has 0 amide bonds. The van der Waals surface area contributed by atoms with Gasteiger partial charge in [-0.15, -0.1) is 6.42 Å². The Morgan fingerprint density at radius 2 is 1.88 bits per heavy atom. The van der Waals surface area contributed by atoms with Crippen molar-refractivity contribution < 1.29 is 9.53 Å². The van der Waals surface area contributed by atoms with Crippen molar-refractivity contribution in [3.8, 4) is 12.3 Å². The van der Waals surface area contributed by atoms with Gasteiger partial charge < -0.3 is 4.74 Å². The zero-order valence-corrected chi connectivity index (χ0v) is 8.86. The summed E-state index contributed by atoms with van der Waals surface area (Å²) in [5.41, 5.74) is 1.38. The van der Waals surface area contributed by atoms with Gasteiger partial charge in [-0.1, -0.05) is 18.1 Å². The molecule has 78 valence electrons. The summed E-state index contributed by atoms with van der Waals surface area (Å²) in [7, 11) is 1.37. The minimum Gasteiger partial charge on any atom is -0.465 e. The monoisotopic (exact) mass is 210 g/mol. The van der Waals surface area contributed by atoms with Crippen LogP contribution >= 0.6 is 0 Å². The SMILES string of the molecule is C#Cc1ccc2cc(C(=O)OC)ccc2c1. The van der Waals surface area contributed by atoms with Gasteiger partial charge in [0, 0.05) is 5.56 Å². The topological polar surface area (TPSA) is 26.3 Å². The van der Waals surface area contributed by atoms with E-state index in [9.17, 15) is 4.79 Å². The van der Waals surface area contributed by atoms with Gasteiger partial charge in [-0.2, -0.15) is 0 Å². The Kier molecular flexibility index (Phi) is 2.61. The number of carbonyl (C=O) groups excluding carboxylic acids is 1. The van der Waals surface area contributed by atoms with Crippen molar-refractivity contribution in [3.05, 3.63) is 47.5 Å². The van der Waals surface area contributed by atoms with Gasteiger partial charge in [-0.3, -0.25) is 0 Å². The third kappa shape index (κ3) is 1.76. The van der Waals surface area contributed by atoms with Crippen LogP contribution in [0.2, 0.25) is 0 Å². The zero-order valence-electron chi connectivity index (χ0n) is 8.86. The maximum Gasteiger partial charge on any atom is 0.337 e. The Balaban J connectivity index is 2.57. The summed E-state index contributed by atoms with van der Waals surface area (Å²) >= 11 is 0. The highest BCUT2D eigenvalue weighted by molar-refractivity contribution is 5.95. The minimum atomic E-state index is -0.331. The van der Waals surface area contributed by atoms with E-state index in [-0.39, 0.29) is 5.97 Å². The van der Waals surface area contributed by atoms with Gasteiger partial charge in [-0.05, 0) is 35.0 Å². The van der Waals surface area contributed by atoms with Gasteiger partial charge in [0.2, 0.25) is 0 Å². The molecule has 2 rings (SSSR count). The predicted molar refractivity (Wildman–Crippen MR) is 63.2 cm³/mol. The fraction of sp³-hybridized carbons (Fsp3) is 0.0714. The van der Waals surface area contributed by atoms with Crippen LogP contribution < -0.4 is 0 Å². The highest BCUT2D eigenvalue weighted by Gasteiger charge is 2.05. The molecule has 0 unspecified atom stereocenters. The Labute approximate surface area is 93.8 Å². The summed E-state index contributed by atoms with van der Waals surface area (Å²) in [4.78, 5) is 11.3. The van der Waals surface area contributed by atoms with Crippen molar-refractivity contribution in [2.45, 2.75) is 0 Å². The average molecular weight is 210 g/mol. The fourth-order valence-corrected chi connectivity index (χ4v) is 1.58. The third-order valence-corrected chi connectivity index (χ3v) is 2.43. The Morgan fingerprint density at radius 1 is 1.19 bits per heavy atom. The molecule has 0 N–H and O–H groups in total. The number of terminal acetylenes is 1. The molecule has 0 saturated carbocycles. The van der Waals surface area contributed by atoms with E-state index in [1.807, 2.05) is 24.3 Å². The van der Waals surface area contributed by atoms with Gasteiger partial charge in [0.25, 0.3) is 0 Å². The van der Waals surface area contributed by atoms with E-state index in [4.69, 9.17) is 6.42 Å². The fourth-order valence-electron chi connectivity index (χ4n) is 1.58. The molecule has 0 spiro atoms. The lowest BCUT2D eigenvalue weighted by Gasteiger charge is -2.02. The summed E-state index contributed by atoms with van der Waals surface area (Å²) in [5.74, 6) is 2.25. The van der Waals surface area contributed by atoms with Gasteiger partial charge in [-0.25, -0.2) is 4.79 Å². The average Bonchev–Trinajstić information content (AvgIpc) is 2.36. The lowest BCUT2D eigenvalue weighted by molar-refractivity contribution is 0.0601. The van der Waals surface area contributed by atoms with Crippen LogP contribution in [0.25, 0.3) is 10.8 Å². The minimum absolute atomic E-state index is 0.331. The normalized spacial score (nSPS) is 9.75. The van der Waals surface area contributed by atoms with Crippen molar-refractivity contribution in [2.24, 2.45) is 0 Å². The van der Waals surface area contributed by atoms with Crippen LogP contribution in [-0.2, 0) is 4.74 Å². The summed E-state index contributed by atoms with van der Waals surface area (Å²) in [6.07, 6.45) is 5.32. The summed E-state index contributed by atoms with van der Waals surface area (Å²) in [6.45, 7) is 0. The highest BCUT2D eigenvalue weighted by atomic mass is 16.5. The molecule has 0 aliphatic carbocycles. The molecule has 2 aromatic rings. The first-order valence-electron chi connectivity index (χ1n) is 4.83. The van der Waals surface area contributed by atoms with E-state index >= 15 is 0 Å². The van der Waals surface area contributed by atoms with Crippen LogP contribution in [-0.4, -0.2) is 13.1 Å². The zero-order chi connectivity index (χ0) is 11.5. The van der Waals surface area contributed by atoms with Crippen LogP contribution in [0.1, 0.15) is 15.9 Å². The van der Waals surface area contributed by atoms with E-state index < -0.39 is 0 Å². The van der Waals surface area contributed by atoms with Crippen LogP contribution in [0.15, 0.2) is 36.4 Å². The number of esters is 1. The molecule has 2 nitrogen and oxygen atoms in total. The Hall–Kier alpha value is -2.27. The molecule has 0 aliphatic heterocycles. The lowest BCUT2D eigenvalue weighted by Crippen LogP contribution is -2.00. The predicted octanol–water partition coefficient (Wildman–Crippen LogP) is 2.61.